The minimum atomic E-state index is -3.57. The number of carbonyl (C=O) groups is 1. The molecule has 2 fully saturated rings. The highest BCUT2D eigenvalue weighted by atomic mass is 32.2. The molecule has 1 aromatic heterocycles. The number of rotatable bonds is 7. The molecule has 0 saturated heterocycles. The molecule has 1 atom stereocenters. The number of sulfonamides is 1. The van der Waals surface area contributed by atoms with Crippen molar-refractivity contribution >= 4 is 33.0 Å². The summed E-state index contributed by atoms with van der Waals surface area (Å²) in [6.45, 7) is 2.15. The summed E-state index contributed by atoms with van der Waals surface area (Å²) in [6, 6.07) is 10.7. The molecule has 26 heavy (non-hydrogen) atoms. The summed E-state index contributed by atoms with van der Waals surface area (Å²) in [5.41, 5.74) is 1.08. The maximum atomic E-state index is 13.0. The number of hydrogen-bond acceptors (Lipinski definition) is 4. The minimum Gasteiger partial charge on any atom is -0.333 e. The van der Waals surface area contributed by atoms with Gasteiger partial charge in [0.05, 0.1) is 0 Å². The third-order valence-corrected chi connectivity index (χ3v) is 7.84. The van der Waals surface area contributed by atoms with Gasteiger partial charge in [0, 0.05) is 23.3 Å². The van der Waals surface area contributed by atoms with Crippen LogP contribution in [0.25, 0.3) is 0 Å². The molecule has 1 N–H and O–H groups in total. The Morgan fingerprint density at radius 1 is 1.15 bits per heavy atom. The fraction of sp³-hybridized carbons (Fsp3) is 0.421. The van der Waals surface area contributed by atoms with Crippen LogP contribution in [0.4, 0.5) is 5.69 Å². The van der Waals surface area contributed by atoms with Crippen molar-refractivity contribution in [3.8, 4) is 0 Å². The Hall–Kier alpha value is -1.86. The number of nitrogens with one attached hydrogen (secondary N) is 1. The second kappa shape index (κ2) is 6.70. The average Bonchev–Trinajstić information content (AvgIpc) is 3.55. The van der Waals surface area contributed by atoms with E-state index in [1.807, 2.05) is 4.90 Å². The monoisotopic (exact) mass is 390 g/mol. The van der Waals surface area contributed by atoms with Crippen LogP contribution in [-0.4, -0.2) is 31.3 Å². The molecule has 7 heteroatoms. The minimum absolute atomic E-state index is 0.0552. The zero-order valence-corrected chi connectivity index (χ0v) is 16.2. The first-order valence-corrected chi connectivity index (χ1v) is 11.3. The zero-order chi connectivity index (χ0) is 18.3. The van der Waals surface area contributed by atoms with Gasteiger partial charge >= 0.3 is 0 Å². The summed E-state index contributed by atoms with van der Waals surface area (Å²) in [5, 5.41) is 1.73. The second-order valence-electron chi connectivity index (χ2n) is 7.14. The maximum absolute atomic E-state index is 13.0. The summed E-state index contributed by atoms with van der Waals surface area (Å²) in [7, 11) is -3.57. The van der Waals surface area contributed by atoms with Gasteiger partial charge in [0.2, 0.25) is 0 Å². The van der Waals surface area contributed by atoms with E-state index in [2.05, 4.69) is 11.6 Å². The van der Waals surface area contributed by atoms with Crippen molar-refractivity contribution < 1.29 is 13.2 Å². The van der Waals surface area contributed by atoms with Gasteiger partial charge in [0.1, 0.15) is 4.21 Å². The van der Waals surface area contributed by atoms with Crippen molar-refractivity contribution in [2.75, 3.05) is 4.72 Å². The lowest BCUT2D eigenvalue weighted by atomic mass is 10.1. The Bertz CT molecular complexity index is 883. The summed E-state index contributed by atoms with van der Waals surface area (Å²) in [4.78, 5) is 15.0. The van der Waals surface area contributed by atoms with Crippen molar-refractivity contribution in [2.24, 2.45) is 5.92 Å². The Morgan fingerprint density at radius 2 is 1.85 bits per heavy atom. The third-order valence-electron chi connectivity index (χ3n) is 5.06. The summed E-state index contributed by atoms with van der Waals surface area (Å²) in [5.74, 6) is 0.691. The van der Waals surface area contributed by atoms with Crippen LogP contribution >= 0.6 is 11.3 Å². The molecule has 2 saturated carbocycles. The highest BCUT2D eigenvalue weighted by Crippen LogP contribution is 2.40. The van der Waals surface area contributed by atoms with Crippen LogP contribution in [0.1, 0.15) is 43.0 Å². The lowest BCUT2D eigenvalue weighted by molar-refractivity contribution is 0.0654. The van der Waals surface area contributed by atoms with Crippen LogP contribution in [0.2, 0.25) is 0 Å². The first-order chi connectivity index (χ1) is 12.5. The Morgan fingerprint density at radius 3 is 2.38 bits per heavy atom. The van der Waals surface area contributed by atoms with E-state index in [0.717, 1.165) is 12.8 Å². The molecule has 5 nitrogen and oxygen atoms in total. The van der Waals surface area contributed by atoms with Crippen LogP contribution in [0.3, 0.4) is 0 Å². The quantitative estimate of drug-likeness (QED) is 0.778. The predicted molar refractivity (Wildman–Crippen MR) is 103 cm³/mol. The van der Waals surface area contributed by atoms with Crippen molar-refractivity contribution in [3.05, 3.63) is 47.3 Å². The molecule has 0 radical (unpaired) electrons. The molecule has 2 aliphatic carbocycles. The first-order valence-electron chi connectivity index (χ1n) is 8.95. The molecule has 4 rings (SSSR count). The SMILES string of the molecule is CC(C1CC1)N(C(=O)c1ccc(NS(=O)(=O)c2cccs2)cc1)C1CC1. The molecule has 2 aromatic rings. The van der Waals surface area contributed by atoms with E-state index in [1.54, 1.807) is 41.8 Å². The van der Waals surface area contributed by atoms with Crippen LogP contribution in [0.15, 0.2) is 46.0 Å². The molecule has 1 amide bonds. The Labute approximate surface area is 158 Å². The van der Waals surface area contributed by atoms with E-state index < -0.39 is 10.0 Å². The van der Waals surface area contributed by atoms with Gasteiger partial charge in [-0.25, -0.2) is 8.42 Å². The van der Waals surface area contributed by atoms with Crippen LogP contribution in [0.5, 0.6) is 0 Å². The summed E-state index contributed by atoms with van der Waals surface area (Å²) in [6.07, 6.45) is 4.59. The molecule has 1 heterocycles. The van der Waals surface area contributed by atoms with E-state index in [1.165, 1.54) is 24.2 Å². The molecule has 1 unspecified atom stereocenters. The van der Waals surface area contributed by atoms with Crippen molar-refractivity contribution in [2.45, 2.75) is 48.9 Å². The normalized spacial score (nSPS) is 18.3. The van der Waals surface area contributed by atoms with E-state index in [-0.39, 0.29) is 16.2 Å². The number of carbonyl (C=O) groups excluding carboxylic acids is 1. The van der Waals surface area contributed by atoms with Gasteiger partial charge in [-0.3, -0.25) is 9.52 Å². The Kier molecular flexibility index (Phi) is 4.52. The lowest BCUT2D eigenvalue weighted by Gasteiger charge is -2.29. The lowest BCUT2D eigenvalue weighted by Crippen LogP contribution is -2.41. The topological polar surface area (TPSA) is 66.5 Å². The van der Waals surface area contributed by atoms with Crippen molar-refractivity contribution in [1.82, 2.24) is 4.90 Å². The number of amides is 1. The fourth-order valence-corrected chi connectivity index (χ4v) is 5.35. The number of nitrogens with zero attached hydrogens (tertiary/aromatic N) is 1. The van der Waals surface area contributed by atoms with Gasteiger partial charge < -0.3 is 4.90 Å². The van der Waals surface area contributed by atoms with Gasteiger partial charge in [-0.1, -0.05) is 6.07 Å². The summed E-state index contributed by atoms with van der Waals surface area (Å²) >= 11 is 1.17. The first kappa shape index (κ1) is 17.5. The van der Waals surface area contributed by atoms with Gasteiger partial charge in [0.15, 0.2) is 0 Å². The molecule has 0 bridgehead atoms. The van der Waals surface area contributed by atoms with Crippen LogP contribution in [0, 0.1) is 5.92 Å². The Balaban J connectivity index is 1.49. The molecule has 2 aliphatic rings. The summed E-state index contributed by atoms with van der Waals surface area (Å²) < 4.78 is 27.4. The van der Waals surface area contributed by atoms with Crippen LogP contribution in [-0.2, 0) is 10.0 Å². The van der Waals surface area contributed by atoms with Crippen molar-refractivity contribution in [3.63, 3.8) is 0 Å². The highest BCUT2D eigenvalue weighted by molar-refractivity contribution is 7.94. The molecule has 0 aliphatic heterocycles. The molecule has 1 aromatic carbocycles. The fourth-order valence-electron chi connectivity index (χ4n) is 3.29. The van der Waals surface area contributed by atoms with E-state index in [9.17, 15) is 13.2 Å². The number of anilines is 1. The van der Waals surface area contributed by atoms with Gasteiger partial charge in [0.25, 0.3) is 15.9 Å². The number of thiophene rings is 1. The largest absolute Gasteiger partial charge is 0.333 e. The highest BCUT2D eigenvalue weighted by Gasteiger charge is 2.41. The van der Waals surface area contributed by atoms with E-state index in [4.69, 9.17) is 0 Å². The molecule has 138 valence electrons. The second-order valence-corrected chi connectivity index (χ2v) is 9.99. The predicted octanol–water partition coefficient (Wildman–Crippen LogP) is 3.95. The number of hydrogen-bond donors (Lipinski definition) is 1. The molecular formula is C19H22N2O3S2. The number of benzene rings is 1. The maximum Gasteiger partial charge on any atom is 0.271 e. The zero-order valence-electron chi connectivity index (χ0n) is 14.6. The standard InChI is InChI=1S/C19H22N2O3S2/c1-13(14-4-5-14)21(17-10-11-17)19(22)15-6-8-16(9-7-15)20-26(23,24)18-3-2-12-25-18/h2-3,6-9,12-14,17,20H,4-5,10-11H2,1H3. The van der Waals surface area contributed by atoms with E-state index in [0.29, 0.717) is 23.2 Å². The van der Waals surface area contributed by atoms with E-state index >= 15 is 0 Å². The third kappa shape index (κ3) is 3.64. The molecular weight excluding hydrogens is 368 g/mol. The van der Waals surface area contributed by atoms with Gasteiger partial charge in [-0.05, 0) is 74.2 Å². The van der Waals surface area contributed by atoms with Crippen molar-refractivity contribution in [1.29, 1.82) is 0 Å². The van der Waals surface area contributed by atoms with Crippen LogP contribution < -0.4 is 4.72 Å². The van der Waals surface area contributed by atoms with Gasteiger partial charge in [-0.15, -0.1) is 11.3 Å². The van der Waals surface area contributed by atoms with Gasteiger partial charge in [-0.2, -0.15) is 0 Å². The smallest absolute Gasteiger partial charge is 0.271 e. The average molecular weight is 391 g/mol. The molecule has 0 spiro atoms.